The van der Waals surface area contributed by atoms with E-state index in [4.69, 9.17) is 16.3 Å². The number of fused-ring (bicyclic) bond motifs is 1. The van der Waals surface area contributed by atoms with Crippen molar-refractivity contribution in [1.82, 2.24) is 19.3 Å². The fourth-order valence-corrected chi connectivity index (χ4v) is 2.44. The molecule has 0 amide bonds. The molecule has 0 radical (unpaired) electrons. The van der Waals surface area contributed by atoms with E-state index in [0.717, 1.165) is 35.8 Å². The van der Waals surface area contributed by atoms with E-state index in [9.17, 15) is 0 Å². The van der Waals surface area contributed by atoms with Crippen LogP contribution in [0.1, 0.15) is 37.7 Å². The average Bonchev–Trinajstić information content (AvgIpc) is 2.88. The number of aromatic nitrogens is 4. The van der Waals surface area contributed by atoms with Crippen molar-refractivity contribution >= 4 is 22.8 Å². The first-order valence-electron chi connectivity index (χ1n) is 6.59. The van der Waals surface area contributed by atoms with Crippen LogP contribution >= 0.6 is 11.6 Å². The number of hydrogen-bond donors (Lipinski definition) is 0. The standard InChI is InChI=1S/C13H21ClN4O/c1-6-18-13-11(10(4)16-18)15-12(9(3)14)17(13)7-8(2)19-5/h8-9H,6-7H2,1-5H3. The SMILES string of the molecule is CCn1nc(C)c2nc(C(C)Cl)n(CC(C)OC)c21. The molecule has 0 fully saturated rings. The van der Waals surface area contributed by atoms with Crippen LogP contribution in [0, 0.1) is 6.92 Å². The fourth-order valence-electron chi connectivity index (χ4n) is 2.28. The highest BCUT2D eigenvalue weighted by molar-refractivity contribution is 6.20. The van der Waals surface area contributed by atoms with Gasteiger partial charge in [0.2, 0.25) is 0 Å². The third kappa shape index (κ3) is 2.49. The van der Waals surface area contributed by atoms with Crippen molar-refractivity contribution in [3.63, 3.8) is 0 Å². The Labute approximate surface area is 118 Å². The minimum absolute atomic E-state index is 0.104. The minimum atomic E-state index is -0.138. The van der Waals surface area contributed by atoms with Gasteiger partial charge in [-0.05, 0) is 27.7 Å². The van der Waals surface area contributed by atoms with E-state index < -0.39 is 0 Å². The second-order valence-corrected chi connectivity index (χ2v) is 5.47. The van der Waals surface area contributed by atoms with Crippen molar-refractivity contribution < 1.29 is 4.74 Å². The molecule has 5 nitrogen and oxygen atoms in total. The van der Waals surface area contributed by atoms with E-state index in [-0.39, 0.29) is 11.5 Å². The lowest BCUT2D eigenvalue weighted by atomic mass is 10.3. The van der Waals surface area contributed by atoms with Crippen LogP contribution in [-0.4, -0.2) is 32.5 Å². The van der Waals surface area contributed by atoms with Crippen LogP contribution < -0.4 is 0 Å². The Morgan fingerprint density at radius 1 is 1.37 bits per heavy atom. The van der Waals surface area contributed by atoms with Crippen molar-refractivity contribution in [2.75, 3.05) is 7.11 Å². The Morgan fingerprint density at radius 3 is 2.58 bits per heavy atom. The molecule has 106 valence electrons. The normalized spacial score (nSPS) is 15.1. The number of rotatable bonds is 5. The Morgan fingerprint density at radius 2 is 2.05 bits per heavy atom. The van der Waals surface area contributed by atoms with Gasteiger partial charge in [0, 0.05) is 13.7 Å². The largest absolute Gasteiger partial charge is 0.380 e. The highest BCUT2D eigenvalue weighted by Crippen LogP contribution is 2.26. The molecule has 0 aliphatic heterocycles. The quantitative estimate of drug-likeness (QED) is 0.793. The van der Waals surface area contributed by atoms with Crippen molar-refractivity contribution in [3.8, 4) is 0 Å². The molecule has 2 aromatic heterocycles. The van der Waals surface area contributed by atoms with Crippen LogP contribution in [0.15, 0.2) is 0 Å². The third-order valence-corrected chi connectivity index (χ3v) is 3.52. The molecule has 0 saturated heterocycles. The summed E-state index contributed by atoms with van der Waals surface area (Å²) in [6.07, 6.45) is 0.104. The van der Waals surface area contributed by atoms with Gasteiger partial charge in [-0.25, -0.2) is 9.67 Å². The zero-order chi connectivity index (χ0) is 14.2. The number of methoxy groups -OCH3 is 1. The van der Waals surface area contributed by atoms with E-state index in [2.05, 4.69) is 21.6 Å². The molecule has 0 aromatic carbocycles. The lowest BCUT2D eigenvalue weighted by Gasteiger charge is -2.15. The predicted molar refractivity (Wildman–Crippen MR) is 76.7 cm³/mol. The van der Waals surface area contributed by atoms with Gasteiger partial charge in [0.25, 0.3) is 0 Å². The maximum atomic E-state index is 6.26. The first kappa shape index (κ1) is 14.3. The maximum absolute atomic E-state index is 6.26. The lowest BCUT2D eigenvalue weighted by Crippen LogP contribution is -2.18. The number of hydrogen-bond acceptors (Lipinski definition) is 3. The van der Waals surface area contributed by atoms with Crippen LogP contribution in [0.2, 0.25) is 0 Å². The molecular weight excluding hydrogens is 264 g/mol. The van der Waals surface area contributed by atoms with Gasteiger partial charge in [-0.15, -0.1) is 11.6 Å². The molecule has 2 atom stereocenters. The highest BCUT2D eigenvalue weighted by atomic mass is 35.5. The van der Waals surface area contributed by atoms with Gasteiger partial charge in [-0.2, -0.15) is 5.10 Å². The number of alkyl halides is 1. The van der Waals surface area contributed by atoms with Gasteiger partial charge in [0.15, 0.2) is 5.65 Å². The Balaban J connectivity index is 2.63. The predicted octanol–water partition coefficient (Wildman–Crippen LogP) is 2.90. The number of imidazole rings is 1. The molecule has 0 saturated carbocycles. The molecule has 0 bridgehead atoms. The van der Waals surface area contributed by atoms with Crippen molar-refractivity contribution in [3.05, 3.63) is 11.5 Å². The second kappa shape index (κ2) is 5.51. The molecular formula is C13H21ClN4O. The number of ether oxygens (including phenoxy) is 1. The van der Waals surface area contributed by atoms with E-state index in [1.54, 1.807) is 7.11 Å². The van der Waals surface area contributed by atoms with Crippen molar-refractivity contribution in [2.45, 2.75) is 52.3 Å². The summed E-state index contributed by atoms with van der Waals surface area (Å²) in [5.41, 5.74) is 2.92. The van der Waals surface area contributed by atoms with Crippen molar-refractivity contribution in [1.29, 1.82) is 0 Å². The topological polar surface area (TPSA) is 44.9 Å². The average molecular weight is 285 g/mol. The number of nitrogens with zero attached hydrogens (tertiary/aromatic N) is 4. The number of aryl methyl sites for hydroxylation is 2. The smallest absolute Gasteiger partial charge is 0.159 e. The van der Waals surface area contributed by atoms with Crippen LogP contribution in [-0.2, 0) is 17.8 Å². The van der Waals surface area contributed by atoms with E-state index in [1.807, 2.05) is 25.5 Å². The molecule has 6 heteroatoms. The summed E-state index contributed by atoms with van der Waals surface area (Å²) in [5.74, 6) is 0.878. The van der Waals surface area contributed by atoms with Crippen LogP contribution in [0.4, 0.5) is 0 Å². The van der Waals surface area contributed by atoms with E-state index in [0.29, 0.717) is 0 Å². The molecule has 0 aliphatic rings. The second-order valence-electron chi connectivity index (χ2n) is 4.82. The molecule has 2 heterocycles. The number of halogens is 1. The maximum Gasteiger partial charge on any atom is 0.159 e. The fraction of sp³-hybridized carbons (Fsp3) is 0.692. The van der Waals surface area contributed by atoms with Gasteiger partial charge < -0.3 is 9.30 Å². The zero-order valence-corrected chi connectivity index (χ0v) is 12.9. The van der Waals surface area contributed by atoms with Crippen molar-refractivity contribution in [2.24, 2.45) is 0 Å². The van der Waals surface area contributed by atoms with Gasteiger partial charge in [0.05, 0.1) is 23.7 Å². The van der Waals surface area contributed by atoms with Crippen LogP contribution in [0.25, 0.3) is 11.2 Å². The summed E-state index contributed by atoms with van der Waals surface area (Å²) in [6, 6.07) is 0. The van der Waals surface area contributed by atoms with Crippen LogP contribution in [0.5, 0.6) is 0 Å². The van der Waals surface area contributed by atoms with Gasteiger partial charge >= 0.3 is 0 Å². The van der Waals surface area contributed by atoms with Gasteiger partial charge in [-0.1, -0.05) is 0 Å². The molecule has 2 aromatic rings. The molecule has 2 unspecified atom stereocenters. The lowest BCUT2D eigenvalue weighted by molar-refractivity contribution is 0.103. The summed E-state index contributed by atoms with van der Waals surface area (Å²) in [5, 5.41) is 4.37. The molecule has 19 heavy (non-hydrogen) atoms. The van der Waals surface area contributed by atoms with Gasteiger partial charge in [0.1, 0.15) is 11.3 Å². The highest BCUT2D eigenvalue weighted by Gasteiger charge is 2.21. The molecule has 0 aliphatic carbocycles. The molecule has 0 N–H and O–H groups in total. The van der Waals surface area contributed by atoms with E-state index in [1.165, 1.54) is 0 Å². The third-order valence-electron chi connectivity index (χ3n) is 3.33. The van der Waals surface area contributed by atoms with Crippen LogP contribution in [0.3, 0.4) is 0 Å². The summed E-state index contributed by atoms with van der Waals surface area (Å²) < 4.78 is 9.47. The Hall–Kier alpha value is -1.07. The van der Waals surface area contributed by atoms with E-state index >= 15 is 0 Å². The molecule has 2 rings (SSSR count). The Kier molecular flexibility index (Phi) is 4.16. The minimum Gasteiger partial charge on any atom is -0.380 e. The zero-order valence-electron chi connectivity index (χ0n) is 12.1. The molecule has 0 spiro atoms. The summed E-state index contributed by atoms with van der Waals surface area (Å²) in [4.78, 5) is 4.66. The Bertz CT molecular complexity index is 573. The van der Waals surface area contributed by atoms with Gasteiger partial charge in [-0.3, -0.25) is 0 Å². The summed E-state index contributed by atoms with van der Waals surface area (Å²) in [7, 11) is 1.71. The first-order valence-corrected chi connectivity index (χ1v) is 7.03. The summed E-state index contributed by atoms with van der Waals surface area (Å²) in [6.45, 7) is 9.57. The first-order chi connectivity index (χ1) is 8.99. The monoisotopic (exact) mass is 284 g/mol. The summed E-state index contributed by atoms with van der Waals surface area (Å²) >= 11 is 6.26.